The molecule has 0 unspecified atom stereocenters. The number of rotatable bonds is 2. The van der Waals surface area contributed by atoms with Gasteiger partial charge in [0.05, 0.1) is 6.61 Å². The lowest BCUT2D eigenvalue weighted by molar-refractivity contribution is 0.0691. The Kier molecular flexibility index (Phi) is 5.14. The highest BCUT2D eigenvalue weighted by molar-refractivity contribution is 5.92. The minimum atomic E-state index is 0.00627. The Morgan fingerprint density at radius 2 is 2.20 bits per heavy atom. The van der Waals surface area contributed by atoms with Gasteiger partial charge in [-0.25, -0.2) is 4.98 Å². The molecule has 1 aliphatic rings. The average Bonchev–Trinajstić information content (AvgIpc) is 2.48. The van der Waals surface area contributed by atoms with Gasteiger partial charge in [0.1, 0.15) is 5.69 Å². The van der Waals surface area contributed by atoms with Gasteiger partial charge in [-0.1, -0.05) is 18.8 Å². The van der Waals surface area contributed by atoms with E-state index >= 15 is 0 Å². The number of hydrogen-bond acceptors (Lipinski definition) is 3. The summed E-state index contributed by atoms with van der Waals surface area (Å²) in [5.41, 5.74) is 1.24. The molecule has 0 atom stereocenters. The lowest BCUT2D eigenvalue weighted by Crippen LogP contribution is -2.38. The van der Waals surface area contributed by atoms with E-state index in [-0.39, 0.29) is 12.5 Å². The van der Waals surface area contributed by atoms with Gasteiger partial charge in [-0.3, -0.25) is 4.79 Å². The summed E-state index contributed by atoms with van der Waals surface area (Å²) in [4.78, 5) is 18.3. The fraction of sp³-hybridized carbons (Fsp3) is 0.500. The van der Waals surface area contributed by atoms with Crippen LogP contribution in [0.15, 0.2) is 18.3 Å². The van der Waals surface area contributed by atoms with Crippen molar-refractivity contribution in [2.75, 3.05) is 19.7 Å². The van der Waals surface area contributed by atoms with Crippen LogP contribution >= 0.6 is 0 Å². The Bertz CT molecular complexity index is 506. The zero-order valence-electron chi connectivity index (χ0n) is 11.8. The van der Waals surface area contributed by atoms with Crippen molar-refractivity contribution in [3.05, 3.63) is 29.6 Å². The van der Waals surface area contributed by atoms with E-state index in [0.717, 1.165) is 31.5 Å². The normalized spacial score (nSPS) is 15.6. The van der Waals surface area contributed by atoms with Crippen LogP contribution in [0.25, 0.3) is 0 Å². The highest BCUT2D eigenvalue weighted by Gasteiger charge is 2.21. The molecule has 0 saturated carbocycles. The first-order valence-electron chi connectivity index (χ1n) is 7.05. The quantitative estimate of drug-likeness (QED) is 0.834. The summed E-state index contributed by atoms with van der Waals surface area (Å²) in [6, 6.07) is 3.53. The topological polar surface area (TPSA) is 53.4 Å². The van der Waals surface area contributed by atoms with Gasteiger partial charge in [0.25, 0.3) is 5.91 Å². The molecule has 4 nitrogen and oxygen atoms in total. The number of aliphatic hydroxyl groups excluding tert-OH is 1. The lowest BCUT2D eigenvalue weighted by atomic mass is 9.99. The molecule has 2 rings (SSSR count). The van der Waals surface area contributed by atoms with E-state index in [2.05, 4.69) is 23.7 Å². The number of aliphatic hydroxyl groups is 1. The van der Waals surface area contributed by atoms with Crippen LogP contribution in [0.4, 0.5) is 0 Å². The van der Waals surface area contributed by atoms with Crippen LogP contribution < -0.4 is 0 Å². The molecule has 0 aromatic carbocycles. The number of hydrogen-bond donors (Lipinski definition) is 1. The van der Waals surface area contributed by atoms with Crippen molar-refractivity contribution >= 4 is 5.91 Å². The van der Waals surface area contributed by atoms with Gasteiger partial charge in [0.15, 0.2) is 0 Å². The second-order valence-electron chi connectivity index (χ2n) is 5.18. The summed E-state index contributed by atoms with van der Waals surface area (Å²) in [5, 5.41) is 8.66. The van der Waals surface area contributed by atoms with Gasteiger partial charge in [-0.2, -0.15) is 0 Å². The molecule has 20 heavy (non-hydrogen) atoms. The van der Waals surface area contributed by atoms with Crippen molar-refractivity contribution in [3.63, 3.8) is 0 Å². The lowest BCUT2D eigenvalue weighted by Gasteiger charge is -2.29. The summed E-state index contributed by atoms with van der Waals surface area (Å²) in [6.07, 6.45) is 4.20. The maximum atomic E-state index is 12.3. The van der Waals surface area contributed by atoms with Crippen LogP contribution in [0.1, 0.15) is 42.2 Å². The zero-order chi connectivity index (χ0) is 14.4. The molecule has 1 aliphatic heterocycles. The standard InChI is InChI=1S/C16H20N2O2/c1-13-7-9-18(10-8-13)16(20)15-6-5-14(12-17-15)4-2-3-11-19/h5-6,12-13,19H,3,7-11H2,1H3. The van der Waals surface area contributed by atoms with Crippen molar-refractivity contribution in [2.45, 2.75) is 26.2 Å². The third kappa shape index (κ3) is 3.82. The molecule has 106 valence electrons. The number of aromatic nitrogens is 1. The Morgan fingerprint density at radius 3 is 2.80 bits per heavy atom. The third-order valence-electron chi connectivity index (χ3n) is 3.52. The van der Waals surface area contributed by atoms with Gasteiger partial charge in [-0.15, -0.1) is 0 Å². The van der Waals surface area contributed by atoms with Gasteiger partial charge in [0, 0.05) is 31.3 Å². The number of carbonyl (C=O) groups excluding carboxylic acids is 1. The molecule has 0 spiro atoms. The largest absolute Gasteiger partial charge is 0.395 e. The third-order valence-corrected chi connectivity index (χ3v) is 3.52. The minimum absolute atomic E-state index is 0.00627. The van der Waals surface area contributed by atoms with E-state index in [1.54, 1.807) is 18.3 Å². The molecule has 2 heterocycles. The van der Waals surface area contributed by atoms with E-state index in [4.69, 9.17) is 5.11 Å². The summed E-state index contributed by atoms with van der Waals surface area (Å²) < 4.78 is 0. The smallest absolute Gasteiger partial charge is 0.272 e. The first kappa shape index (κ1) is 14.5. The first-order chi connectivity index (χ1) is 9.70. The van der Waals surface area contributed by atoms with Gasteiger partial charge >= 0.3 is 0 Å². The maximum Gasteiger partial charge on any atom is 0.272 e. The van der Waals surface area contributed by atoms with Crippen LogP contribution in [0, 0.1) is 17.8 Å². The Hall–Kier alpha value is -1.86. The summed E-state index contributed by atoms with van der Waals surface area (Å²) in [5.74, 6) is 6.44. The van der Waals surface area contributed by atoms with Crippen LogP contribution in [0.2, 0.25) is 0 Å². The maximum absolute atomic E-state index is 12.3. The fourth-order valence-electron chi connectivity index (χ4n) is 2.19. The van der Waals surface area contributed by atoms with Crippen LogP contribution in [-0.2, 0) is 0 Å². The SMILES string of the molecule is CC1CCN(C(=O)c2ccc(C#CCCO)cn2)CC1. The fourth-order valence-corrected chi connectivity index (χ4v) is 2.19. The van der Waals surface area contributed by atoms with E-state index in [0.29, 0.717) is 18.0 Å². The highest BCUT2D eigenvalue weighted by atomic mass is 16.2. The highest BCUT2D eigenvalue weighted by Crippen LogP contribution is 2.17. The van der Waals surface area contributed by atoms with Gasteiger partial charge < -0.3 is 10.0 Å². The molecular formula is C16H20N2O2. The molecule has 1 aromatic rings. The Labute approximate surface area is 119 Å². The number of nitrogens with zero attached hydrogens (tertiary/aromatic N) is 2. The molecule has 1 aromatic heterocycles. The predicted octanol–water partition coefficient (Wildman–Crippen LogP) is 1.69. The zero-order valence-corrected chi connectivity index (χ0v) is 11.8. The number of likely N-dealkylation sites (tertiary alicyclic amines) is 1. The molecule has 1 fully saturated rings. The number of carbonyl (C=O) groups is 1. The molecule has 0 aliphatic carbocycles. The van der Waals surface area contributed by atoms with Crippen molar-refractivity contribution in [1.29, 1.82) is 0 Å². The summed E-state index contributed by atoms with van der Waals surface area (Å²) in [7, 11) is 0. The molecule has 0 radical (unpaired) electrons. The average molecular weight is 272 g/mol. The Morgan fingerprint density at radius 1 is 1.45 bits per heavy atom. The number of piperidine rings is 1. The number of amides is 1. The predicted molar refractivity (Wildman–Crippen MR) is 77.1 cm³/mol. The van der Waals surface area contributed by atoms with E-state index < -0.39 is 0 Å². The summed E-state index contributed by atoms with van der Waals surface area (Å²) >= 11 is 0. The van der Waals surface area contributed by atoms with E-state index in [1.807, 2.05) is 4.90 Å². The molecule has 0 bridgehead atoms. The van der Waals surface area contributed by atoms with Crippen molar-refractivity contribution in [3.8, 4) is 11.8 Å². The summed E-state index contributed by atoms with van der Waals surface area (Å²) in [6.45, 7) is 3.92. The second-order valence-corrected chi connectivity index (χ2v) is 5.18. The van der Waals surface area contributed by atoms with Crippen LogP contribution in [0.5, 0.6) is 0 Å². The van der Waals surface area contributed by atoms with Crippen molar-refractivity contribution in [2.24, 2.45) is 5.92 Å². The molecule has 1 amide bonds. The Balaban J connectivity index is 1.99. The molecule has 1 N–H and O–H groups in total. The second kappa shape index (κ2) is 7.06. The van der Waals surface area contributed by atoms with E-state index in [9.17, 15) is 4.79 Å². The van der Waals surface area contributed by atoms with Gasteiger partial charge in [0.2, 0.25) is 0 Å². The van der Waals surface area contributed by atoms with E-state index in [1.165, 1.54) is 0 Å². The van der Waals surface area contributed by atoms with Crippen LogP contribution in [0.3, 0.4) is 0 Å². The van der Waals surface area contributed by atoms with Gasteiger partial charge in [-0.05, 0) is 30.9 Å². The molecule has 1 saturated heterocycles. The molecular weight excluding hydrogens is 252 g/mol. The number of pyridine rings is 1. The van der Waals surface area contributed by atoms with Crippen molar-refractivity contribution < 1.29 is 9.90 Å². The monoisotopic (exact) mass is 272 g/mol. The minimum Gasteiger partial charge on any atom is -0.395 e. The molecule has 4 heteroatoms. The first-order valence-corrected chi connectivity index (χ1v) is 7.05. The van der Waals surface area contributed by atoms with Crippen LogP contribution in [-0.4, -0.2) is 40.6 Å². The van der Waals surface area contributed by atoms with Crippen molar-refractivity contribution in [1.82, 2.24) is 9.88 Å².